The number of benzene rings is 1. The summed E-state index contributed by atoms with van der Waals surface area (Å²) in [5.41, 5.74) is 2.62. The fourth-order valence-corrected chi connectivity index (χ4v) is 2.92. The number of nitrogens with zero attached hydrogens (tertiary/aromatic N) is 2. The molecule has 3 N–H and O–H groups in total. The van der Waals surface area contributed by atoms with Crippen molar-refractivity contribution in [2.45, 2.75) is 31.7 Å². The van der Waals surface area contributed by atoms with E-state index in [0.717, 1.165) is 0 Å². The number of anilines is 1. The second-order valence-electron chi connectivity index (χ2n) is 7.05. The van der Waals surface area contributed by atoms with Crippen molar-refractivity contribution < 1.29 is 41.7 Å². The molecule has 1 aromatic carbocycles. The third-order valence-electron chi connectivity index (χ3n) is 4.57. The Bertz CT molecular complexity index is 901. The molecule has 9 nitrogen and oxygen atoms in total. The zero-order chi connectivity index (χ0) is 22.3. The molecule has 1 fully saturated rings. The molecule has 1 atom stereocenters. The van der Waals surface area contributed by atoms with Crippen LogP contribution in [0.15, 0.2) is 17.2 Å². The third-order valence-corrected chi connectivity index (χ3v) is 4.57. The van der Waals surface area contributed by atoms with Gasteiger partial charge in [0.15, 0.2) is 17.4 Å². The fourth-order valence-electron chi connectivity index (χ4n) is 2.92. The van der Waals surface area contributed by atoms with Crippen molar-refractivity contribution in [2.75, 3.05) is 24.6 Å². The lowest BCUT2D eigenvalue weighted by Crippen LogP contribution is -2.61. The number of amides is 1. The maximum absolute atomic E-state index is 14.3. The largest absolute Gasteiger partial charge is 0.490 e. The lowest BCUT2D eigenvalue weighted by Gasteiger charge is -2.41. The molecular formula is C17H18F4N4O5. The number of aliphatic carboxylic acids is 1. The lowest BCUT2D eigenvalue weighted by atomic mass is 10.00. The predicted molar refractivity (Wildman–Crippen MR) is 95.0 cm³/mol. The van der Waals surface area contributed by atoms with E-state index in [2.05, 4.69) is 15.8 Å². The Kier molecular flexibility index (Phi) is 5.50. The van der Waals surface area contributed by atoms with E-state index in [1.54, 1.807) is 17.9 Å². The quantitative estimate of drug-likeness (QED) is 0.601. The van der Waals surface area contributed by atoms with Crippen LogP contribution in [0.2, 0.25) is 0 Å². The number of halogens is 4. The molecule has 0 aliphatic carbocycles. The van der Waals surface area contributed by atoms with E-state index in [1.807, 2.05) is 6.92 Å². The Hall–Kier alpha value is -3.09. The number of rotatable bonds is 2. The van der Waals surface area contributed by atoms with Crippen molar-refractivity contribution in [1.29, 1.82) is 0 Å². The highest BCUT2D eigenvalue weighted by atomic mass is 19.4. The number of carbonyl (C=O) groups excluding carboxylic acids is 1. The molecule has 30 heavy (non-hydrogen) atoms. The van der Waals surface area contributed by atoms with Gasteiger partial charge in [-0.25, -0.2) is 14.6 Å². The summed E-state index contributed by atoms with van der Waals surface area (Å²) < 4.78 is 57.4. The molecule has 1 unspecified atom stereocenters. The number of hydrazone groups is 1. The van der Waals surface area contributed by atoms with Gasteiger partial charge in [-0.1, -0.05) is 0 Å². The summed E-state index contributed by atoms with van der Waals surface area (Å²) in [5, 5.41) is 14.2. The maximum Gasteiger partial charge on any atom is 0.490 e. The van der Waals surface area contributed by atoms with E-state index < -0.39 is 29.6 Å². The molecule has 0 bridgehead atoms. The van der Waals surface area contributed by atoms with Crippen molar-refractivity contribution in [3.8, 4) is 11.5 Å². The molecular weight excluding hydrogens is 416 g/mol. The van der Waals surface area contributed by atoms with E-state index >= 15 is 0 Å². The minimum Gasteiger partial charge on any atom is -0.483 e. The van der Waals surface area contributed by atoms with Gasteiger partial charge in [0.2, 0.25) is 0 Å². The van der Waals surface area contributed by atoms with Gasteiger partial charge in [0.05, 0.1) is 5.69 Å². The number of carboxylic acid groups (broad SMARTS) is 1. The highest BCUT2D eigenvalue weighted by Crippen LogP contribution is 2.40. The summed E-state index contributed by atoms with van der Waals surface area (Å²) in [6.07, 6.45) is -5.08. The highest BCUT2D eigenvalue weighted by molar-refractivity contribution is 6.09. The summed E-state index contributed by atoms with van der Waals surface area (Å²) in [6, 6.07) is 2.43. The standard InChI is InChI=1S/C15H17FN4O3.C2HF3O2/c1-8-14(21)19-18-13-5-22-12-3-9(16)11(4-10(12)20(8)13)23-15(2)6-17-7-15;3-2(4,5)1(6)7/h3-4,8,17H,5-7H2,1-2H3,(H,19,21);(H,6,7). The summed E-state index contributed by atoms with van der Waals surface area (Å²) in [5.74, 6) is -2.34. The second kappa shape index (κ2) is 7.63. The normalized spacial score (nSPS) is 21.4. The van der Waals surface area contributed by atoms with E-state index in [-0.39, 0.29) is 18.3 Å². The Morgan fingerprint density at radius 2 is 2.03 bits per heavy atom. The van der Waals surface area contributed by atoms with Crippen molar-refractivity contribution in [1.82, 2.24) is 10.7 Å². The van der Waals surface area contributed by atoms with E-state index in [0.29, 0.717) is 30.4 Å². The van der Waals surface area contributed by atoms with E-state index in [1.165, 1.54) is 6.07 Å². The van der Waals surface area contributed by atoms with Crippen molar-refractivity contribution in [3.05, 3.63) is 17.9 Å². The monoisotopic (exact) mass is 434 g/mol. The van der Waals surface area contributed by atoms with Gasteiger partial charge in [-0.2, -0.15) is 18.3 Å². The van der Waals surface area contributed by atoms with Gasteiger partial charge in [-0.3, -0.25) is 4.79 Å². The maximum atomic E-state index is 14.3. The van der Waals surface area contributed by atoms with Crippen LogP contribution in [-0.2, 0) is 9.59 Å². The van der Waals surface area contributed by atoms with Gasteiger partial charge in [-0.05, 0) is 13.8 Å². The Morgan fingerprint density at radius 3 is 2.57 bits per heavy atom. The summed E-state index contributed by atoms with van der Waals surface area (Å²) in [4.78, 5) is 22.5. The zero-order valence-electron chi connectivity index (χ0n) is 15.8. The third kappa shape index (κ3) is 4.25. The summed E-state index contributed by atoms with van der Waals surface area (Å²) in [7, 11) is 0. The molecule has 3 aliphatic heterocycles. The van der Waals surface area contributed by atoms with Crippen LogP contribution in [0, 0.1) is 5.82 Å². The first-order chi connectivity index (χ1) is 13.9. The molecule has 164 valence electrons. The summed E-state index contributed by atoms with van der Waals surface area (Å²) in [6.45, 7) is 5.19. The molecule has 1 amide bonds. The number of alkyl halides is 3. The van der Waals surface area contributed by atoms with Crippen LogP contribution in [0.25, 0.3) is 0 Å². The number of hydrogen-bond donors (Lipinski definition) is 3. The van der Waals surface area contributed by atoms with Crippen LogP contribution in [0.1, 0.15) is 13.8 Å². The second-order valence-corrected chi connectivity index (χ2v) is 7.05. The highest BCUT2D eigenvalue weighted by Gasteiger charge is 2.39. The number of hydrogen-bond acceptors (Lipinski definition) is 7. The Morgan fingerprint density at radius 1 is 1.40 bits per heavy atom. The van der Waals surface area contributed by atoms with Gasteiger partial charge >= 0.3 is 12.1 Å². The van der Waals surface area contributed by atoms with Crippen LogP contribution in [-0.4, -0.2) is 60.3 Å². The average Bonchev–Trinajstić information content (AvgIpc) is 2.63. The minimum atomic E-state index is -5.08. The van der Waals surface area contributed by atoms with Gasteiger partial charge in [0, 0.05) is 25.2 Å². The van der Waals surface area contributed by atoms with Crippen LogP contribution in [0.3, 0.4) is 0 Å². The van der Waals surface area contributed by atoms with E-state index in [4.69, 9.17) is 19.4 Å². The van der Waals surface area contributed by atoms with Crippen LogP contribution < -0.4 is 25.1 Å². The van der Waals surface area contributed by atoms with Crippen molar-refractivity contribution in [3.63, 3.8) is 0 Å². The molecule has 0 aromatic heterocycles. The SMILES string of the molecule is CC1C(=O)NN=C2COc3cc(F)c(OC4(C)CNC4)cc3N21.O=C(O)C(F)(F)F. The molecule has 1 saturated heterocycles. The fraction of sp³-hybridized carbons (Fsp3) is 0.471. The summed E-state index contributed by atoms with van der Waals surface area (Å²) >= 11 is 0. The number of nitrogens with one attached hydrogen (secondary N) is 2. The zero-order valence-corrected chi connectivity index (χ0v) is 15.8. The smallest absolute Gasteiger partial charge is 0.483 e. The number of ether oxygens (including phenoxy) is 2. The van der Waals surface area contributed by atoms with Gasteiger partial charge in [-0.15, -0.1) is 0 Å². The Labute approximate surface area is 167 Å². The first-order valence-corrected chi connectivity index (χ1v) is 8.73. The van der Waals surface area contributed by atoms with Crippen LogP contribution in [0.4, 0.5) is 23.2 Å². The first-order valence-electron chi connectivity index (χ1n) is 8.73. The average molecular weight is 434 g/mol. The number of fused-ring (bicyclic) bond motifs is 3. The van der Waals surface area contributed by atoms with Crippen LogP contribution >= 0.6 is 0 Å². The van der Waals surface area contributed by atoms with Gasteiger partial charge in [0.1, 0.15) is 24.0 Å². The molecule has 4 rings (SSSR count). The van der Waals surface area contributed by atoms with Gasteiger partial charge in [0.25, 0.3) is 5.91 Å². The first kappa shape index (κ1) is 21.6. The number of carbonyl (C=O) groups is 2. The number of carboxylic acids is 1. The van der Waals surface area contributed by atoms with Crippen LogP contribution in [0.5, 0.6) is 11.5 Å². The lowest BCUT2D eigenvalue weighted by molar-refractivity contribution is -0.192. The molecule has 3 heterocycles. The van der Waals surface area contributed by atoms with Gasteiger partial charge < -0.3 is 24.8 Å². The topological polar surface area (TPSA) is 112 Å². The number of amidine groups is 1. The predicted octanol–water partition coefficient (Wildman–Crippen LogP) is 1.23. The minimum absolute atomic E-state index is 0.149. The Balaban J connectivity index is 0.000000318. The van der Waals surface area contributed by atoms with E-state index in [9.17, 15) is 22.4 Å². The van der Waals surface area contributed by atoms with Crippen molar-refractivity contribution >= 4 is 23.4 Å². The molecule has 0 saturated carbocycles. The van der Waals surface area contributed by atoms with Crippen molar-refractivity contribution in [2.24, 2.45) is 5.10 Å². The molecule has 1 aromatic rings. The molecule has 0 radical (unpaired) electrons. The molecule has 3 aliphatic rings. The molecule has 13 heteroatoms. The molecule has 0 spiro atoms.